The molecule has 3 heteroatoms. The summed E-state index contributed by atoms with van der Waals surface area (Å²) in [7, 11) is 0. The van der Waals surface area contributed by atoms with Crippen LogP contribution in [0.2, 0.25) is 0 Å². The predicted molar refractivity (Wildman–Crippen MR) is 75.3 cm³/mol. The number of nitrogens with one attached hydrogen (secondary N) is 1. The SMILES string of the molecule is C[C@@H](NC(=O)C1C2CCC(C2)C1N)c1ccccc1. The molecule has 19 heavy (non-hydrogen) atoms. The van der Waals surface area contributed by atoms with Gasteiger partial charge in [-0.3, -0.25) is 4.79 Å². The third-order valence-electron chi connectivity index (χ3n) is 4.94. The molecule has 4 unspecified atom stereocenters. The largest absolute Gasteiger partial charge is 0.349 e. The Kier molecular flexibility index (Phi) is 3.31. The van der Waals surface area contributed by atoms with Crippen LogP contribution in [0.1, 0.15) is 37.8 Å². The molecule has 2 bridgehead atoms. The van der Waals surface area contributed by atoms with Crippen molar-refractivity contribution in [2.75, 3.05) is 0 Å². The van der Waals surface area contributed by atoms with Gasteiger partial charge in [-0.15, -0.1) is 0 Å². The smallest absolute Gasteiger partial charge is 0.225 e. The Morgan fingerprint density at radius 1 is 1.26 bits per heavy atom. The number of amides is 1. The molecule has 3 N–H and O–H groups in total. The van der Waals surface area contributed by atoms with Gasteiger partial charge in [0.25, 0.3) is 0 Å². The second kappa shape index (κ2) is 4.97. The van der Waals surface area contributed by atoms with Crippen molar-refractivity contribution in [3.8, 4) is 0 Å². The van der Waals surface area contributed by atoms with E-state index in [2.05, 4.69) is 5.32 Å². The lowest BCUT2D eigenvalue weighted by Gasteiger charge is -2.28. The summed E-state index contributed by atoms with van der Waals surface area (Å²) in [6.45, 7) is 2.03. The molecule has 3 rings (SSSR count). The van der Waals surface area contributed by atoms with Crippen molar-refractivity contribution >= 4 is 5.91 Å². The van der Waals surface area contributed by atoms with Crippen LogP contribution < -0.4 is 11.1 Å². The molecule has 2 fully saturated rings. The zero-order chi connectivity index (χ0) is 13.4. The third kappa shape index (κ3) is 2.27. The van der Waals surface area contributed by atoms with E-state index < -0.39 is 0 Å². The van der Waals surface area contributed by atoms with Gasteiger partial charge in [0.15, 0.2) is 0 Å². The summed E-state index contributed by atoms with van der Waals surface area (Å²) >= 11 is 0. The van der Waals surface area contributed by atoms with Crippen LogP contribution >= 0.6 is 0 Å². The zero-order valence-corrected chi connectivity index (χ0v) is 11.4. The van der Waals surface area contributed by atoms with Crippen LogP contribution in [0.5, 0.6) is 0 Å². The third-order valence-corrected chi connectivity index (χ3v) is 4.94. The van der Waals surface area contributed by atoms with Gasteiger partial charge in [0.1, 0.15) is 0 Å². The first-order chi connectivity index (χ1) is 9.16. The molecule has 0 aromatic heterocycles. The average molecular weight is 258 g/mol. The Morgan fingerprint density at radius 3 is 2.58 bits per heavy atom. The van der Waals surface area contributed by atoms with E-state index in [1.807, 2.05) is 37.3 Å². The Hall–Kier alpha value is -1.35. The maximum Gasteiger partial charge on any atom is 0.225 e. The first kappa shape index (κ1) is 12.7. The van der Waals surface area contributed by atoms with Gasteiger partial charge in [0, 0.05) is 6.04 Å². The fourth-order valence-corrected chi connectivity index (χ4v) is 3.86. The minimum Gasteiger partial charge on any atom is -0.349 e. The van der Waals surface area contributed by atoms with Crippen LogP contribution in [0.4, 0.5) is 0 Å². The normalized spacial score (nSPS) is 34.2. The molecule has 1 aromatic rings. The summed E-state index contributed by atoms with van der Waals surface area (Å²) in [5, 5.41) is 3.13. The lowest BCUT2D eigenvalue weighted by atomic mass is 9.84. The van der Waals surface area contributed by atoms with Gasteiger partial charge in [-0.2, -0.15) is 0 Å². The molecule has 0 heterocycles. The molecule has 3 nitrogen and oxygen atoms in total. The second-order valence-electron chi connectivity index (χ2n) is 6.08. The quantitative estimate of drug-likeness (QED) is 0.873. The summed E-state index contributed by atoms with van der Waals surface area (Å²) in [6, 6.07) is 10.2. The molecule has 0 aliphatic heterocycles. The van der Waals surface area contributed by atoms with Gasteiger partial charge in [0.05, 0.1) is 12.0 Å². The maximum absolute atomic E-state index is 12.4. The molecule has 0 radical (unpaired) electrons. The monoisotopic (exact) mass is 258 g/mol. The minimum atomic E-state index is 0.0323. The van der Waals surface area contributed by atoms with Gasteiger partial charge in [-0.25, -0.2) is 0 Å². The molecule has 102 valence electrons. The fourth-order valence-electron chi connectivity index (χ4n) is 3.86. The fraction of sp³-hybridized carbons (Fsp3) is 0.562. The van der Waals surface area contributed by atoms with Crippen molar-refractivity contribution in [2.45, 2.75) is 38.3 Å². The van der Waals surface area contributed by atoms with Crippen molar-refractivity contribution in [1.29, 1.82) is 0 Å². The first-order valence-corrected chi connectivity index (χ1v) is 7.27. The number of hydrogen-bond acceptors (Lipinski definition) is 2. The molecule has 2 aliphatic rings. The van der Waals surface area contributed by atoms with Crippen LogP contribution in [-0.4, -0.2) is 11.9 Å². The van der Waals surface area contributed by atoms with Gasteiger partial charge < -0.3 is 11.1 Å². The van der Waals surface area contributed by atoms with Gasteiger partial charge >= 0.3 is 0 Å². The number of carbonyl (C=O) groups is 1. The Balaban J connectivity index is 1.66. The Bertz CT molecular complexity index is 457. The topological polar surface area (TPSA) is 55.1 Å². The molecule has 5 atom stereocenters. The number of carbonyl (C=O) groups excluding carboxylic acids is 1. The van der Waals surface area contributed by atoms with Gasteiger partial charge in [-0.05, 0) is 43.6 Å². The van der Waals surface area contributed by atoms with E-state index in [-0.39, 0.29) is 23.9 Å². The highest BCUT2D eigenvalue weighted by Gasteiger charge is 2.49. The average Bonchev–Trinajstić information content (AvgIpc) is 3.00. The maximum atomic E-state index is 12.4. The van der Waals surface area contributed by atoms with E-state index in [0.29, 0.717) is 11.8 Å². The van der Waals surface area contributed by atoms with Crippen molar-refractivity contribution in [1.82, 2.24) is 5.32 Å². The van der Waals surface area contributed by atoms with E-state index in [1.165, 1.54) is 12.8 Å². The predicted octanol–water partition coefficient (Wildman–Crippen LogP) is 2.24. The summed E-state index contributed by atoms with van der Waals surface area (Å²) in [5.41, 5.74) is 7.36. The van der Waals surface area contributed by atoms with Gasteiger partial charge in [-0.1, -0.05) is 30.3 Å². The molecule has 2 aliphatic carbocycles. The lowest BCUT2D eigenvalue weighted by Crippen LogP contribution is -2.45. The van der Waals surface area contributed by atoms with E-state index in [1.54, 1.807) is 0 Å². The first-order valence-electron chi connectivity index (χ1n) is 7.27. The second-order valence-corrected chi connectivity index (χ2v) is 6.08. The van der Waals surface area contributed by atoms with E-state index in [4.69, 9.17) is 5.73 Å². The van der Waals surface area contributed by atoms with Crippen molar-refractivity contribution in [2.24, 2.45) is 23.5 Å². The number of rotatable bonds is 3. The van der Waals surface area contributed by atoms with E-state index in [0.717, 1.165) is 12.0 Å². The lowest BCUT2D eigenvalue weighted by molar-refractivity contribution is -0.127. The van der Waals surface area contributed by atoms with Crippen molar-refractivity contribution < 1.29 is 4.79 Å². The molecule has 0 spiro atoms. The minimum absolute atomic E-state index is 0.0323. The summed E-state index contributed by atoms with van der Waals surface area (Å²) in [5.74, 6) is 1.27. The number of benzene rings is 1. The number of nitrogens with two attached hydrogens (primary N) is 1. The van der Waals surface area contributed by atoms with Crippen LogP contribution in [-0.2, 0) is 4.79 Å². The summed E-state index contributed by atoms with van der Waals surface area (Å²) in [4.78, 5) is 12.4. The summed E-state index contributed by atoms with van der Waals surface area (Å²) < 4.78 is 0. The van der Waals surface area contributed by atoms with Gasteiger partial charge in [0.2, 0.25) is 5.91 Å². The molecule has 1 aromatic carbocycles. The highest BCUT2D eigenvalue weighted by molar-refractivity contribution is 5.80. The molecule has 0 saturated heterocycles. The van der Waals surface area contributed by atoms with Crippen molar-refractivity contribution in [3.05, 3.63) is 35.9 Å². The van der Waals surface area contributed by atoms with E-state index in [9.17, 15) is 4.79 Å². The van der Waals surface area contributed by atoms with Crippen LogP contribution in [0.15, 0.2) is 30.3 Å². The van der Waals surface area contributed by atoms with Crippen molar-refractivity contribution in [3.63, 3.8) is 0 Å². The highest BCUT2D eigenvalue weighted by Crippen LogP contribution is 2.47. The van der Waals surface area contributed by atoms with Crippen LogP contribution in [0.25, 0.3) is 0 Å². The van der Waals surface area contributed by atoms with E-state index >= 15 is 0 Å². The molecule has 1 amide bonds. The number of hydrogen-bond donors (Lipinski definition) is 2. The van der Waals surface area contributed by atoms with Crippen LogP contribution in [0, 0.1) is 17.8 Å². The number of fused-ring (bicyclic) bond motifs is 2. The molecular weight excluding hydrogens is 236 g/mol. The summed E-state index contributed by atoms with van der Waals surface area (Å²) in [6.07, 6.45) is 3.54. The Morgan fingerprint density at radius 2 is 1.95 bits per heavy atom. The van der Waals surface area contributed by atoms with Crippen LogP contribution in [0.3, 0.4) is 0 Å². The standard InChI is InChI=1S/C16H22N2O/c1-10(11-5-3-2-4-6-11)18-16(19)14-12-7-8-13(9-12)15(14)17/h2-6,10,12-15H,7-9,17H2,1H3,(H,18,19)/t10-,12?,13?,14?,15?/m1/s1. The Labute approximate surface area is 114 Å². The molecule has 2 saturated carbocycles. The highest BCUT2D eigenvalue weighted by atomic mass is 16.2. The molecular formula is C16H22N2O. The zero-order valence-electron chi connectivity index (χ0n) is 11.4.